The highest BCUT2D eigenvalue weighted by atomic mass is 28.4. The van der Waals surface area contributed by atoms with Gasteiger partial charge in [0.2, 0.25) is 0 Å². The van der Waals surface area contributed by atoms with Gasteiger partial charge in [-0.2, -0.15) is 0 Å². The Morgan fingerprint density at radius 1 is 0.969 bits per heavy atom. The fourth-order valence-electron chi connectivity index (χ4n) is 9.45. The van der Waals surface area contributed by atoms with Gasteiger partial charge in [-0.3, -0.25) is 4.79 Å². The maximum absolute atomic E-state index is 11.7. The molecule has 184 valence electrons. The van der Waals surface area contributed by atoms with Crippen molar-refractivity contribution in [3.63, 3.8) is 0 Å². The Morgan fingerprint density at radius 2 is 1.66 bits per heavy atom. The lowest BCUT2D eigenvalue weighted by molar-refractivity contribution is -0.141. The van der Waals surface area contributed by atoms with E-state index in [0.29, 0.717) is 29.3 Å². The minimum Gasteiger partial charge on any atom is -0.469 e. The molecule has 0 aromatic carbocycles. The van der Waals surface area contributed by atoms with Gasteiger partial charge in [-0.05, 0) is 130 Å². The molecule has 0 amide bonds. The Bertz CT molecular complexity index is 687. The largest absolute Gasteiger partial charge is 0.469 e. The van der Waals surface area contributed by atoms with Gasteiger partial charge in [0.15, 0.2) is 8.32 Å². The van der Waals surface area contributed by atoms with Crippen LogP contribution in [0, 0.1) is 46.3 Å². The van der Waals surface area contributed by atoms with Crippen molar-refractivity contribution in [2.45, 2.75) is 117 Å². The van der Waals surface area contributed by atoms with Crippen LogP contribution >= 0.6 is 0 Å². The summed E-state index contributed by atoms with van der Waals surface area (Å²) in [5, 5.41) is 0. The Morgan fingerprint density at radius 3 is 2.34 bits per heavy atom. The molecule has 4 saturated carbocycles. The van der Waals surface area contributed by atoms with Gasteiger partial charge in [-0.25, -0.2) is 0 Å². The first kappa shape index (κ1) is 24.8. The molecule has 3 nitrogen and oxygen atoms in total. The van der Waals surface area contributed by atoms with Crippen molar-refractivity contribution in [3.8, 4) is 0 Å². The molecule has 4 heteroatoms. The molecule has 4 aliphatic carbocycles. The standard InChI is InChI=1S/C28H50O3Si/c1-19(8-13-26(29)30-4)23-11-12-24-22-10-9-20-18-21(31-32(5,6)7)14-16-27(20,2)25(22)15-17-28(23,24)3/h19-25H,8-18H2,1-7H3/t19-,20?,21?,22+,23-,24+,25+,27+,28-/m1/s1. The van der Waals surface area contributed by atoms with E-state index in [9.17, 15) is 4.79 Å². The number of methoxy groups -OCH3 is 1. The smallest absolute Gasteiger partial charge is 0.305 e. The molecule has 0 radical (unpaired) electrons. The molecule has 0 heterocycles. The number of ether oxygens (including phenoxy) is 1. The Balaban J connectivity index is 1.44. The fourth-order valence-corrected chi connectivity index (χ4v) is 10.7. The van der Waals surface area contributed by atoms with Crippen molar-refractivity contribution in [2.75, 3.05) is 7.11 Å². The molecule has 32 heavy (non-hydrogen) atoms. The molecular formula is C28H50O3Si. The van der Waals surface area contributed by atoms with Crippen LogP contribution in [-0.2, 0) is 14.0 Å². The molecule has 9 atom stereocenters. The second-order valence-corrected chi connectivity index (χ2v) is 18.1. The lowest BCUT2D eigenvalue weighted by Gasteiger charge is -2.61. The Hall–Kier alpha value is -0.353. The number of carbonyl (C=O) groups is 1. The lowest BCUT2D eigenvalue weighted by atomic mass is 9.44. The van der Waals surface area contributed by atoms with Crippen molar-refractivity contribution >= 4 is 14.3 Å². The zero-order valence-electron chi connectivity index (χ0n) is 22.0. The third-order valence-corrected chi connectivity index (χ3v) is 12.0. The predicted octanol–water partition coefficient (Wildman–Crippen LogP) is 7.45. The molecule has 2 unspecified atom stereocenters. The topological polar surface area (TPSA) is 35.5 Å². The van der Waals surface area contributed by atoms with Crippen molar-refractivity contribution in [2.24, 2.45) is 46.3 Å². The van der Waals surface area contributed by atoms with Crippen LogP contribution in [0.1, 0.15) is 91.4 Å². The Kier molecular flexibility index (Phi) is 6.98. The molecule has 4 rings (SSSR count). The van der Waals surface area contributed by atoms with Gasteiger partial charge in [0.25, 0.3) is 0 Å². The van der Waals surface area contributed by atoms with Crippen LogP contribution in [0.5, 0.6) is 0 Å². The number of rotatable bonds is 6. The highest BCUT2D eigenvalue weighted by molar-refractivity contribution is 6.69. The van der Waals surface area contributed by atoms with E-state index in [-0.39, 0.29) is 5.97 Å². The monoisotopic (exact) mass is 462 g/mol. The average Bonchev–Trinajstić information content (AvgIpc) is 3.08. The molecule has 0 aromatic rings. The normalized spacial score (nSPS) is 44.8. The number of fused-ring (bicyclic) bond motifs is 5. The summed E-state index contributed by atoms with van der Waals surface area (Å²) in [6.07, 6.45) is 14.6. The van der Waals surface area contributed by atoms with Crippen LogP contribution in [0.2, 0.25) is 19.6 Å². The highest BCUT2D eigenvalue weighted by Crippen LogP contribution is 2.68. The maximum atomic E-state index is 11.7. The molecule has 0 spiro atoms. The van der Waals surface area contributed by atoms with E-state index in [4.69, 9.17) is 9.16 Å². The van der Waals surface area contributed by atoms with Crippen molar-refractivity contribution in [1.29, 1.82) is 0 Å². The summed E-state index contributed by atoms with van der Waals surface area (Å²) in [4.78, 5) is 11.7. The zero-order chi connectivity index (χ0) is 23.3. The summed E-state index contributed by atoms with van der Waals surface area (Å²) in [5.74, 6) is 5.00. The van der Waals surface area contributed by atoms with Crippen LogP contribution < -0.4 is 0 Å². The molecule has 4 fully saturated rings. The maximum Gasteiger partial charge on any atom is 0.305 e. The summed E-state index contributed by atoms with van der Waals surface area (Å²) in [5.41, 5.74) is 1.02. The molecular weight excluding hydrogens is 412 g/mol. The zero-order valence-corrected chi connectivity index (χ0v) is 23.0. The summed E-state index contributed by atoms with van der Waals surface area (Å²) >= 11 is 0. The molecule has 4 aliphatic rings. The molecule has 0 aliphatic heterocycles. The van der Waals surface area contributed by atoms with Crippen LogP contribution in [0.3, 0.4) is 0 Å². The molecule has 0 bridgehead atoms. The minimum atomic E-state index is -1.45. The molecule has 0 N–H and O–H groups in total. The van der Waals surface area contributed by atoms with E-state index in [1.165, 1.54) is 64.9 Å². The van der Waals surface area contributed by atoms with Gasteiger partial charge in [0.05, 0.1) is 7.11 Å². The van der Waals surface area contributed by atoms with E-state index < -0.39 is 8.32 Å². The van der Waals surface area contributed by atoms with Crippen molar-refractivity contribution < 1.29 is 14.0 Å². The number of esters is 1. The van der Waals surface area contributed by atoms with E-state index in [2.05, 4.69) is 40.4 Å². The number of hydrogen-bond acceptors (Lipinski definition) is 3. The summed E-state index contributed by atoms with van der Waals surface area (Å²) in [6.45, 7) is 14.8. The second kappa shape index (κ2) is 9.02. The van der Waals surface area contributed by atoms with E-state index in [0.717, 1.165) is 36.0 Å². The van der Waals surface area contributed by atoms with Crippen LogP contribution in [0.15, 0.2) is 0 Å². The fraction of sp³-hybridized carbons (Fsp3) is 0.964. The average molecular weight is 463 g/mol. The van der Waals surface area contributed by atoms with Gasteiger partial charge < -0.3 is 9.16 Å². The van der Waals surface area contributed by atoms with E-state index >= 15 is 0 Å². The van der Waals surface area contributed by atoms with Gasteiger partial charge in [0.1, 0.15) is 0 Å². The first-order valence-corrected chi connectivity index (χ1v) is 17.1. The van der Waals surface area contributed by atoms with Gasteiger partial charge in [-0.15, -0.1) is 0 Å². The summed E-state index contributed by atoms with van der Waals surface area (Å²) in [7, 11) is 0.0649. The number of hydrogen-bond donors (Lipinski definition) is 0. The predicted molar refractivity (Wildman–Crippen MR) is 134 cm³/mol. The minimum absolute atomic E-state index is 0.0415. The van der Waals surface area contributed by atoms with Crippen LogP contribution in [-0.4, -0.2) is 27.5 Å². The second-order valence-electron chi connectivity index (χ2n) is 13.6. The summed E-state index contributed by atoms with van der Waals surface area (Å²) in [6, 6.07) is 0. The third-order valence-electron chi connectivity index (χ3n) is 10.9. The third kappa shape index (κ3) is 4.49. The van der Waals surface area contributed by atoms with Crippen LogP contribution in [0.25, 0.3) is 0 Å². The van der Waals surface area contributed by atoms with Crippen molar-refractivity contribution in [3.05, 3.63) is 0 Å². The quantitative estimate of drug-likeness (QED) is 0.303. The SMILES string of the molecule is COC(=O)CC[C@@H](C)[C@H]1CC[C@H]2[C@@H]3CCC4CC(O[Si](C)(C)C)CC[C@]4(C)[C@H]3CC[C@]12C. The number of carbonyl (C=O) groups excluding carboxylic acids is 1. The lowest BCUT2D eigenvalue weighted by Crippen LogP contribution is -2.54. The molecule has 0 aromatic heterocycles. The Labute approximate surface area is 198 Å². The van der Waals surface area contributed by atoms with Gasteiger partial charge >= 0.3 is 5.97 Å². The highest BCUT2D eigenvalue weighted by Gasteiger charge is 2.60. The van der Waals surface area contributed by atoms with Gasteiger partial charge in [0, 0.05) is 12.5 Å². The molecule has 0 saturated heterocycles. The van der Waals surface area contributed by atoms with Gasteiger partial charge in [-0.1, -0.05) is 20.8 Å². The first-order chi connectivity index (χ1) is 15.0. The summed E-state index contributed by atoms with van der Waals surface area (Å²) < 4.78 is 11.5. The van der Waals surface area contributed by atoms with E-state index in [1.54, 1.807) is 0 Å². The van der Waals surface area contributed by atoms with Crippen molar-refractivity contribution in [1.82, 2.24) is 0 Å². The van der Waals surface area contributed by atoms with Crippen LogP contribution in [0.4, 0.5) is 0 Å². The van der Waals surface area contributed by atoms with E-state index in [1.807, 2.05) is 0 Å². The first-order valence-electron chi connectivity index (χ1n) is 13.7.